The highest BCUT2D eigenvalue weighted by molar-refractivity contribution is 7.09. The third kappa shape index (κ3) is 3.51. The minimum absolute atomic E-state index is 0.0748. The van der Waals surface area contributed by atoms with Gasteiger partial charge in [0.05, 0.1) is 12.1 Å². The average Bonchev–Trinajstić information content (AvgIpc) is 2.75. The van der Waals surface area contributed by atoms with E-state index in [-0.39, 0.29) is 6.04 Å². The van der Waals surface area contributed by atoms with Crippen LogP contribution in [-0.4, -0.2) is 23.1 Å². The topological polar surface area (TPSA) is 61.0 Å². The van der Waals surface area contributed by atoms with Gasteiger partial charge in [-0.1, -0.05) is 6.07 Å². The third-order valence-electron chi connectivity index (χ3n) is 2.61. The zero-order valence-corrected chi connectivity index (χ0v) is 11.4. The van der Waals surface area contributed by atoms with Crippen LogP contribution < -0.4 is 10.5 Å². The molecule has 0 fully saturated rings. The van der Waals surface area contributed by atoms with E-state index in [1.165, 1.54) is 0 Å². The van der Waals surface area contributed by atoms with Gasteiger partial charge in [-0.15, -0.1) is 11.3 Å². The average molecular weight is 263 g/mol. The van der Waals surface area contributed by atoms with Crippen molar-refractivity contribution in [2.24, 2.45) is 5.73 Å². The molecule has 1 unspecified atom stereocenters. The molecule has 0 aliphatic rings. The van der Waals surface area contributed by atoms with Crippen LogP contribution in [0.3, 0.4) is 0 Å². The number of ether oxygens (including phenoxy) is 1. The highest BCUT2D eigenvalue weighted by Crippen LogP contribution is 2.13. The predicted octanol–water partition coefficient (Wildman–Crippen LogP) is 1.97. The maximum Gasteiger partial charge on any atom is 0.212 e. The second-order valence-electron chi connectivity index (χ2n) is 4.26. The molecule has 0 bridgehead atoms. The molecule has 5 heteroatoms. The largest absolute Gasteiger partial charge is 0.481 e. The SMILES string of the molecule is COc1ccc(CC(N)Cc2nc(C)cs2)cn1. The quantitative estimate of drug-likeness (QED) is 0.896. The molecule has 1 atom stereocenters. The molecule has 18 heavy (non-hydrogen) atoms. The van der Waals surface area contributed by atoms with Gasteiger partial charge in [0.25, 0.3) is 0 Å². The second kappa shape index (κ2) is 5.93. The van der Waals surface area contributed by atoms with Crippen LogP contribution in [0.5, 0.6) is 5.88 Å². The van der Waals surface area contributed by atoms with Crippen molar-refractivity contribution in [3.63, 3.8) is 0 Å². The third-order valence-corrected chi connectivity index (χ3v) is 3.60. The summed E-state index contributed by atoms with van der Waals surface area (Å²) < 4.78 is 5.02. The number of nitrogens with zero attached hydrogens (tertiary/aromatic N) is 2. The van der Waals surface area contributed by atoms with Crippen molar-refractivity contribution in [1.29, 1.82) is 0 Å². The van der Waals surface area contributed by atoms with E-state index in [1.54, 1.807) is 18.4 Å². The maximum atomic E-state index is 6.13. The molecule has 0 radical (unpaired) electrons. The summed E-state index contributed by atoms with van der Waals surface area (Å²) in [6.45, 7) is 2.00. The molecule has 2 aromatic rings. The van der Waals surface area contributed by atoms with Gasteiger partial charge in [-0.2, -0.15) is 0 Å². The van der Waals surface area contributed by atoms with Crippen molar-refractivity contribution in [3.8, 4) is 5.88 Å². The van der Waals surface area contributed by atoms with Gasteiger partial charge in [-0.05, 0) is 18.9 Å². The molecule has 0 saturated carbocycles. The van der Waals surface area contributed by atoms with Crippen LogP contribution in [0.25, 0.3) is 0 Å². The Morgan fingerprint density at radius 2 is 2.22 bits per heavy atom. The van der Waals surface area contributed by atoms with Gasteiger partial charge in [0, 0.05) is 35.8 Å². The molecular weight excluding hydrogens is 246 g/mol. The first-order valence-corrected chi connectivity index (χ1v) is 6.71. The lowest BCUT2D eigenvalue weighted by Gasteiger charge is -2.09. The molecule has 0 saturated heterocycles. The first kappa shape index (κ1) is 13.0. The van der Waals surface area contributed by atoms with Crippen LogP contribution in [0.1, 0.15) is 16.3 Å². The van der Waals surface area contributed by atoms with Gasteiger partial charge in [0.1, 0.15) is 0 Å². The number of pyridine rings is 1. The Morgan fingerprint density at radius 1 is 1.39 bits per heavy atom. The van der Waals surface area contributed by atoms with Crippen LogP contribution in [0, 0.1) is 6.92 Å². The molecule has 0 aliphatic heterocycles. The van der Waals surface area contributed by atoms with Crippen LogP contribution in [0.4, 0.5) is 0 Å². The van der Waals surface area contributed by atoms with E-state index in [4.69, 9.17) is 10.5 Å². The molecule has 0 aromatic carbocycles. The van der Waals surface area contributed by atoms with E-state index in [1.807, 2.05) is 25.3 Å². The molecule has 0 aliphatic carbocycles. The predicted molar refractivity (Wildman–Crippen MR) is 73.0 cm³/mol. The van der Waals surface area contributed by atoms with E-state index in [9.17, 15) is 0 Å². The monoisotopic (exact) mass is 263 g/mol. The summed E-state index contributed by atoms with van der Waals surface area (Å²) in [5.41, 5.74) is 8.31. The standard InChI is InChI=1S/C13H17N3OS/c1-9-8-18-13(16-9)6-11(14)5-10-3-4-12(17-2)15-7-10/h3-4,7-8,11H,5-6,14H2,1-2H3. The van der Waals surface area contributed by atoms with E-state index in [2.05, 4.69) is 15.3 Å². The van der Waals surface area contributed by atoms with Crippen molar-refractivity contribution in [2.75, 3.05) is 7.11 Å². The molecule has 4 nitrogen and oxygen atoms in total. The van der Waals surface area contributed by atoms with Gasteiger partial charge >= 0.3 is 0 Å². The van der Waals surface area contributed by atoms with Crippen molar-refractivity contribution in [1.82, 2.24) is 9.97 Å². The summed E-state index contributed by atoms with van der Waals surface area (Å²) in [4.78, 5) is 8.59. The number of hydrogen-bond donors (Lipinski definition) is 1. The number of hydrogen-bond acceptors (Lipinski definition) is 5. The summed E-state index contributed by atoms with van der Waals surface area (Å²) in [5.74, 6) is 0.628. The summed E-state index contributed by atoms with van der Waals surface area (Å²) in [6.07, 6.45) is 3.42. The van der Waals surface area contributed by atoms with Gasteiger partial charge in [0.2, 0.25) is 5.88 Å². The minimum Gasteiger partial charge on any atom is -0.481 e. The normalized spacial score (nSPS) is 12.4. The molecule has 0 amide bonds. The molecule has 2 aromatic heterocycles. The fourth-order valence-corrected chi connectivity index (χ4v) is 2.61. The van der Waals surface area contributed by atoms with Crippen LogP contribution in [0.2, 0.25) is 0 Å². The van der Waals surface area contributed by atoms with E-state index < -0.39 is 0 Å². The van der Waals surface area contributed by atoms with Crippen LogP contribution in [-0.2, 0) is 12.8 Å². The number of rotatable bonds is 5. The maximum absolute atomic E-state index is 6.13. The fraction of sp³-hybridized carbons (Fsp3) is 0.385. The molecule has 2 rings (SSSR count). The van der Waals surface area contributed by atoms with Crippen molar-refractivity contribution in [3.05, 3.63) is 40.0 Å². The smallest absolute Gasteiger partial charge is 0.212 e. The van der Waals surface area contributed by atoms with Crippen molar-refractivity contribution < 1.29 is 4.74 Å². The Morgan fingerprint density at radius 3 is 2.78 bits per heavy atom. The van der Waals surface area contributed by atoms with Crippen molar-refractivity contribution >= 4 is 11.3 Å². The lowest BCUT2D eigenvalue weighted by Crippen LogP contribution is -2.25. The summed E-state index contributed by atoms with van der Waals surface area (Å²) in [5, 5.41) is 3.15. The zero-order valence-electron chi connectivity index (χ0n) is 10.6. The fourth-order valence-electron chi connectivity index (χ4n) is 1.75. The number of methoxy groups -OCH3 is 1. The Kier molecular flexibility index (Phi) is 4.28. The van der Waals surface area contributed by atoms with E-state index >= 15 is 0 Å². The molecule has 96 valence electrons. The highest BCUT2D eigenvalue weighted by atomic mass is 32.1. The molecular formula is C13H17N3OS. The highest BCUT2D eigenvalue weighted by Gasteiger charge is 2.08. The summed E-state index contributed by atoms with van der Waals surface area (Å²) in [6, 6.07) is 3.93. The first-order chi connectivity index (χ1) is 8.67. The lowest BCUT2D eigenvalue weighted by molar-refractivity contribution is 0.397. The van der Waals surface area contributed by atoms with Gasteiger partial charge in [0.15, 0.2) is 0 Å². The number of thiazole rings is 1. The number of aromatic nitrogens is 2. The first-order valence-electron chi connectivity index (χ1n) is 5.83. The van der Waals surface area contributed by atoms with Gasteiger partial charge in [-0.3, -0.25) is 0 Å². The van der Waals surface area contributed by atoms with Crippen molar-refractivity contribution in [2.45, 2.75) is 25.8 Å². The second-order valence-corrected chi connectivity index (χ2v) is 5.20. The summed E-state index contributed by atoms with van der Waals surface area (Å²) in [7, 11) is 1.61. The number of nitrogens with two attached hydrogens (primary N) is 1. The van der Waals surface area contributed by atoms with Crippen LogP contribution >= 0.6 is 11.3 Å². The van der Waals surface area contributed by atoms with Crippen LogP contribution in [0.15, 0.2) is 23.7 Å². The Bertz CT molecular complexity index is 495. The van der Waals surface area contributed by atoms with Gasteiger partial charge in [-0.25, -0.2) is 9.97 Å². The minimum atomic E-state index is 0.0748. The zero-order chi connectivity index (χ0) is 13.0. The molecule has 2 heterocycles. The van der Waals surface area contributed by atoms with Gasteiger partial charge < -0.3 is 10.5 Å². The molecule has 0 spiro atoms. The summed E-state index contributed by atoms with van der Waals surface area (Å²) >= 11 is 1.67. The Balaban J connectivity index is 1.91. The Labute approximate surface area is 111 Å². The Hall–Kier alpha value is -1.46. The van der Waals surface area contributed by atoms with E-state index in [0.29, 0.717) is 5.88 Å². The lowest BCUT2D eigenvalue weighted by atomic mass is 10.1. The number of aryl methyl sites for hydroxylation is 1. The van der Waals surface area contributed by atoms with E-state index in [0.717, 1.165) is 29.1 Å². The molecule has 2 N–H and O–H groups in total.